The molecule has 0 atom stereocenters. The van der Waals surface area contributed by atoms with Gasteiger partial charge in [-0.3, -0.25) is 9.59 Å². The number of carbonyl (C=O) groups is 2. The van der Waals surface area contributed by atoms with Crippen LogP contribution in [0.5, 0.6) is 0 Å². The molecule has 0 spiro atoms. The lowest BCUT2D eigenvalue weighted by Gasteiger charge is -2.18. The lowest BCUT2D eigenvalue weighted by Crippen LogP contribution is -2.27. The molecule has 24 heavy (non-hydrogen) atoms. The Morgan fingerprint density at radius 1 is 0.958 bits per heavy atom. The van der Waals surface area contributed by atoms with Crippen molar-refractivity contribution < 1.29 is 18.4 Å². The molecule has 0 aliphatic heterocycles. The van der Waals surface area contributed by atoms with Gasteiger partial charge in [-0.2, -0.15) is 0 Å². The second kappa shape index (κ2) is 6.78. The third-order valence-corrected chi connectivity index (χ3v) is 3.24. The van der Waals surface area contributed by atoms with Gasteiger partial charge in [0.2, 0.25) is 5.91 Å². The molecule has 4 nitrogen and oxygen atoms in total. The first-order chi connectivity index (χ1) is 11.2. The average molecular weight is 332 g/mol. The zero-order valence-electron chi connectivity index (χ0n) is 13.6. The molecule has 2 N–H and O–H groups in total. The van der Waals surface area contributed by atoms with E-state index in [1.165, 1.54) is 12.1 Å². The van der Waals surface area contributed by atoms with Crippen LogP contribution in [0.1, 0.15) is 31.1 Å². The van der Waals surface area contributed by atoms with E-state index in [4.69, 9.17) is 0 Å². The van der Waals surface area contributed by atoms with Crippen LogP contribution < -0.4 is 10.6 Å². The molecule has 0 bridgehead atoms. The maximum Gasteiger partial charge on any atom is 0.255 e. The fourth-order valence-electron chi connectivity index (χ4n) is 1.84. The van der Waals surface area contributed by atoms with Crippen molar-refractivity contribution in [3.8, 4) is 0 Å². The summed E-state index contributed by atoms with van der Waals surface area (Å²) >= 11 is 0. The van der Waals surface area contributed by atoms with Crippen LogP contribution in [0.4, 0.5) is 20.2 Å². The van der Waals surface area contributed by atoms with Gasteiger partial charge in [-0.1, -0.05) is 26.8 Å². The standard InChI is InChI=1S/C18H18F2N2O2/c1-18(2,3)17(24)21-13-6-4-5-11(9-13)16(23)22-15-8-7-12(19)10-14(15)20/h4-10H,1-3H3,(H,21,24)(H,22,23). The Kier molecular flexibility index (Phi) is 4.97. The summed E-state index contributed by atoms with van der Waals surface area (Å²) in [4.78, 5) is 24.2. The molecule has 0 aliphatic carbocycles. The number of hydrogen-bond donors (Lipinski definition) is 2. The Labute approximate surface area is 138 Å². The van der Waals surface area contributed by atoms with Crippen molar-refractivity contribution in [1.29, 1.82) is 0 Å². The van der Waals surface area contributed by atoms with Crippen molar-refractivity contribution in [3.63, 3.8) is 0 Å². The number of benzene rings is 2. The van der Waals surface area contributed by atoms with Gasteiger partial charge in [-0.25, -0.2) is 8.78 Å². The molecule has 0 aliphatic rings. The third-order valence-electron chi connectivity index (χ3n) is 3.24. The zero-order valence-corrected chi connectivity index (χ0v) is 13.6. The molecule has 0 unspecified atom stereocenters. The molecule has 0 saturated carbocycles. The van der Waals surface area contributed by atoms with Crippen molar-refractivity contribution in [2.24, 2.45) is 5.41 Å². The summed E-state index contributed by atoms with van der Waals surface area (Å²) in [6.07, 6.45) is 0. The van der Waals surface area contributed by atoms with Gasteiger partial charge in [0.15, 0.2) is 0 Å². The Balaban J connectivity index is 2.16. The van der Waals surface area contributed by atoms with Gasteiger partial charge < -0.3 is 10.6 Å². The minimum atomic E-state index is -0.861. The molecule has 6 heteroatoms. The van der Waals surface area contributed by atoms with Gasteiger partial charge >= 0.3 is 0 Å². The van der Waals surface area contributed by atoms with Gasteiger partial charge in [-0.15, -0.1) is 0 Å². The van der Waals surface area contributed by atoms with E-state index in [0.29, 0.717) is 11.8 Å². The van der Waals surface area contributed by atoms with Crippen LogP contribution in [-0.4, -0.2) is 11.8 Å². The van der Waals surface area contributed by atoms with Gasteiger partial charge in [0.1, 0.15) is 11.6 Å². The molecule has 0 aromatic heterocycles. The van der Waals surface area contributed by atoms with Gasteiger partial charge in [0.25, 0.3) is 5.91 Å². The van der Waals surface area contributed by atoms with E-state index in [9.17, 15) is 18.4 Å². The fraction of sp³-hybridized carbons (Fsp3) is 0.222. The first kappa shape index (κ1) is 17.6. The monoisotopic (exact) mass is 332 g/mol. The molecular weight excluding hydrogens is 314 g/mol. The van der Waals surface area contributed by atoms with Gasteiger partial charge in [0.05, 0.1) is 5.69 Å². The van der Waals surface area contributed by atoms with E-state index in [1.54, 1.807) is 32.9 Å². The molecule has 0 saturated heterocycles. The highest BCUT2D eigenvalue weighted by atomic mass is 19.1. The first-order valence-corrected chi connectivity index (χ1v) is 7.35. The highest BCUT2D eigenvalue weighted by Crippen LogP contribution is 2.20. The maximum absolute atomic E-state index is 13.6. The summed E-state index contributed by atoms with van der Waals surface area (Å²) in [5.41, 5.74) is 0.00769. The van der Waals surface area contributed by atoms with E-state index < -0.39 is 23.0 Å². The summed E-state index contributed by atoms with van der Waals surface area (Å²) in [6.45, 7) is 5.32. The zero-order chi connectivity index (χ0) is 17.9. The summed E-state index contributed by atoms with van der Waals surface area (Å²) in [5, 5.41) is 5.09. The Hall–Kier alpha value is -2.76. The molecule has 0 fully saturated rings. The molecule has 2 aromatic carbocycles. The van der Waals surface area contributed by atoms with Crippen molar-refractivity contribution >= 4 is 23.2 Å². The summed E-state index contributed by atoms with van der Waals surface area (Å²) in [6, 6.07) is 9.17. The third kappa shape index (κ3) is 4.38. The van der Waals surface area contributed by atoms with Crippen LogP contribution in [0.2, 0.25) is 0 Å². The summed E-state index contributed by atoms with van der Waals surface area (Å²) in [5.74, 6) is -2.34. The van der Waals surface area contributed by atoms with Crippen molar-refractivity contribution in [2.45, 2.75) is 20.8 Å². The number of carbonyl (C=O) groups excluding carboxylic acids is 2. The Morgan fingerprint density at radius 3 is 2.29 bits per heavy atom. The molecule has 2 rings (SSSR count). The maximum atomic E-state index is 13.6. The summed E-state index contributed by atoms with van der Waals surface area (Å²) < 4.78 is 26.5. The van der Waals surface area contributed by atoms with E-state index in [-0.39, 0.29) is 17.2 Å². The molecule has 2 aromatic rings. The number of halogens is 2. The van der Waals surface area contributed by atoms with Crippen LogP contribution in [0, 0.1) is 17.0 Å². The van der Waals surface area contributed by atoms with Crippen LogP contribution in [-0.2, 0) is 4.79 Å². The minimum Gasteiger partial charge on any atom is -0.326 e. The first-order valence-electron chi connectivity index (χ1n) is 7.35. The highest BCUT2D eigenvalue weighted by Gasteiger charge is 2.21. The van der Waals surface area contributed by atoms with Crippen LogP contribution >= 0.6 is 0 Å². The van der Waals surface area contributed by atoms with Crippen molar-refractivity contribution in [3.05, 3.63) is 59.7 Å². The second-order valence-corrected chi connectivity index (χ2v) is 6.36. The van der Waals surface area contributed by atoms with Gasteiger partial charge in [0, 0.05) is 22.7 Å². The number of hydrogen-bond acceptors (Lipinski definition) is 2. The van der Waals surface area contributed by atoms with Crippen molar-refractivity contribution in [2.75, 3.05) is 10.6 Å². The fourth-order valence-corrected chi connectivity index (χ4v) is 1.84. The average Bonchev–Trinajstić information content (AvgIpc) is 2.49. The van der Waals surface area contributed by atoms with Crippen LogP contribution in [0.25, 0.3) is 0 Å². The largest absolute Gasteiger partial charge is 0.326 e. The number of rotatable bonds is 3. The van der Waals surface area contributed by atoms with E-state index in [2.05, 4.69) is 10.6 Å². The molecule has 0 heterocycles. The van der Waals surface area contributed by atoms with E-state index in [0.717, 1.165) is 12.1 Å². The van der Waals surface area contributed by atoms with Gasteiger partial charge in [-0.05, 0) is 30.3 Å². The second-order valence-electron chi connectivity index (χ2n) is 6.36. The normalized spacial score (nSPS) is 11.0. The minimum absolute atomic E-state index is 0.120. The molecular formula is C18H18F2N2O2. The lowest BCUT2D eigenvalue weighted by molar-refractivity contribution is -0.123. The predicted molar refractivity (Wildman–Crippen MR) is 88.8 cm³/mol. The smallest absolute Gasteiger partial charge is 0.255 e. The molecule has 2 amide bonds. The Morgan fingerprint density at radius 2 is 1.67 bits per heavy atom. The lowest BCUT2D eigenvalue weighted by atomic mass is 9.95. The van der Waals surface area contributed by atoms with E-state index >= 15 is 0 Å². The number of anilines is 2. The Bertz CT molecular complexity index is 783. The molecule has 126 valence electrons. The quantitative estimate of drug-likeness (QED) is 0.885. The predicted octanol–water partition coefficient (Wildman–Crippen LogP) is 4.20. The van der Waals surface area contributed by atoms with E-state index in [1.807, 2.05) is 0 Å². The number of amides is 2. The highest BCUT2D eigenvalue weighted by molar-refractivity contribution is 6.05. The topological polar surface area (TPSA) is 58.2 Å². The molecule has 0 radical (unpaired) electrons. The van der Waals surface area contributed by atoms with Crippen LogP contribution in [0.15, 0.2) is 42.5 Å². The SMILES string of the molecule is CC(C)(C)C(=O)Nc1cccc(C(=O)Nc2ccc(F)cc2F)c1. The summed E-state index contributed by atoms with van der Waals surface area (Å²) in [7, 11) is 0. The van der Waals surface area contributed by atoms with Crippen molar-refractivity contribution in [1.82, 2.24) is 0 Å². The van der Waals surface area contributed by atoms with Crippen LogP contribution in [0.3, 0.4) is 0 Å². The number of nitrogens with one attached hydrogen (secondary N) is 2.